The summed E-state index contributed by atoms with van der Waals surface area (Å²) >= 11 is 5.74. The molecule has 0 radical (unpaired) electrons. The quantitative estimate of drug-likeness (QED) is 0.828. The fourth-order valence-corrected chi connectivity index (χ4v) is 1.92. The van der Waals surface area contributed by atoms with Crippen molar-refractivity contribution in [1.82, 2.24) is 0 Å². The molecule has 0 aliphatic carbocycles. The molecule has 19 heavy (non-hydrogen) atoms. The maximum absolute atomic E-state index is 13.4. The van der Waals surface area contributed by atoms with Crippen molar-refractivity contribution in [2.75, 3.05) is 0 Å². The van der Waals surface area contributed by atoms with Crippen molar-refractivity contribution < 1.29 is 13.6 Å². The van der Waals surface area contributed by atoms with E-state index in [1.807, 2.05) is 0 Å². The maximum atomic E-state index is 13.4. The molecule has 98 valence electrons. The summed E-state index contributed by atoms with van der Waals surface area (Å²) in [7, 11) is 0. The summed E-state index contributed by atoms with van der Waals surface area (Å²) in [6.07, 6.45) is -0.119. The highest BCUT2D eigenvalue weighted by atomic mass is 35.5. The zero-order chi connectivity index (χ0) is 13.8. The Balaban J connectivity index is 2.07. The van der Waals surface area contributed by atoms with Gasteiger partial charge >= 0.3 is 0 Å². The first-order chi connectivity index (χ1) is 9.06. The van der Waals surface area contributed by atoms with Crippen LogP contribution < -0.4 is 0 Å². The molecule has 0 N–H and O–H groups in total. The fourth-order valence-electron chi connectivity index (χ4n) is 1.79. The van der Waals surface area contributed by atoms with Gasteiger partial charge in [0, 0.05) is 23.4 Å². The Hall–Kier alpha value is -1.74. The molecule has 0 fully saturated rings. The van der Waals surface area contributed by atoms with E-state index >= 15 is 0 Å². The molecule has 0 amide bonds. The van der Waals surface area contributed by atoms with Crippen LogP contribution in [0.4, 0.5) is 8.78 Å². The first kappa shape index (κ1) is 13.7. The van der Waals surface area contributed by atoms with Crippen LogP contribution >= 0.6 is 11.6 Å². The molecule has 2 aromatic carbocycles. The highest BCUT2D eigenvalue weighted by Crippen LogP contribution is 2.15. The molecule has 0 aliphatic rings. The highest BCUT2D eigenvalue weighted by molar-refractivity contribution is 6.30. The van der Waals surface area contributed by atoms with Gasteiger partial charge in [0.1, 0.15) is 17.4 Å². The van der Waals surface area contributed by atoms with Gasteiger partial charge in [-0.2, -0.15) is 0 Å². The molecule has 0 aliphatic heterocycles. The van der Waals surface area contributed by atoms with Gasteiger partial charge in [0.2, 0.25) is 0 Å². The number of halogens is 3. The molecule has 2 rings (SSSR count). The summed E-state index contributed by atoms with van der Waals surface area (Å²) < 4.78 is 26.8. The van der Waals surface area contributed by atoms with Gasteiger partial charge in [-0.1, -0.05) is 29.8 Å². The zero-order valence-corrected chi connectivity index (χ0v) is 10.8. The molecule has 0 spiro atoms. The summed E-state index contributed by atoms with van der Waals surface area (Å²) in [4.78, 5) is 11.8. The Bertz CT molecular complexity index is 573. The van der Waals surface area contributed by atoms with E-state index in [0.29, 0.717) is 5.02 Å². The van der Waals surface area contributed by atoms with Crippen molar-refractivity contribution in [3.63, 3.8) is 0 Å². The van der Waals surface area contributed by atoms with Crippen LogP contribution in [0.25, 0.3) is 0 Å². The summed E-state index contributed by atoms with van der Waals surface area (Å²) in [5.74, 6) is -1.62. The van der Waals surface area contributed by atoms with Crippen LogP contribution in [-0.2, 0) is 17.6 Å². The van der Waals surface area contributed by atoms with Gasteiger partial charge in [-0.15, -0.1) is 0 Å². The second-order valence-corrected chi connectivity index (χ2v) is 4.66. The lowest BCUT2D eigenvalue weighted by Crippen LogP contribution is -2.09. The molecule has 4 heteroatoms. The third-order valence-electron chi connectivity index (χ3n) is 2.75. The van der Waals surface area contributed by atoms with Gasteiger partial charge in [-0.05, 0) is 29.8 Å². The molecular formula is C15H11ClF2O. The minimum atomic E-state index is -0.690. The SMILES string of the molecule is O=C(Cc1ccc(Cl)cc1)Cc1c(F)cccc1F. The van der Waals surface area contributed by atoms with Crippen LogP contribution in [0.5, 0.6) is 0 Å². The van der Waals surface area contributed by atoms with Crippen molar-refractivity contribution in [3.05, 3.63) is 70.2 Å². The number of Topliss-reactive ketones (excluding diaryl/α,β-unsaturated/α-hetero) is 1. The molecule has 0 aromatic heterocycles. The molecule has 2 aromatic rings. The molecule has 0 atom stereocenters. The Labute approximate surface area is 114 Å². The molecule has 0 heterocycles. The number of benzene rings is 2. The first-order valence-corrected chi connectivity index (χ1v) is 6.13. The van der Waals surface area contributed by atoms with Crippen LogP contribution in [0.3, 0.4) is 0 Å². The van der Waals surface area contributed by atoms with E-state index in [4.69, 9.17) is 11.6 Å². The lowest BCUT2D eigenvalue weighted by atomic mass is 10.0. The first-order valence-electron chi connectivity index (χ1n) is 5.75. The lowest BCUT2D eigenvalue weighted by molar-refractivity contribution is -0.117. The van der Waals surface area contributed by atoms with Crippen molar-refractivity contribution in [2.24, 2.45) is 0 Å². The molecule has 0 bridgehead atoms. The van der Waals surface area contributed by atoms with Gasteiger partial charge in [0.05, 0.1) is 0 Å². The number of hydrogen-bond donors (Lipinski definition) is 0. The van der Waals surface area contributed by atoms with Crippen molar-refractivity contribution in [3.8, 4) is 0 Å². The largest absolute Gasteiger partial charge is 0.299 e. The number of carbonyl (C=O) groups excluding carboxylic acids is 1. The maximum Gasteiger partial charge on any atom is 0.141 e. The normalized spacial score (nSPS) is 10.5. The zero-order valence-electron chi connectivity index (χ0n) is 10.00. The molecule has 0 saturated heterocycles. The third kappa shape index (κ3) is 3.61. The fraction of sp³-hybridized carbons (Fsp3) is 0.133. The minimum Gasteiger partial charge on any atom is -0.299 e. The number of carbonyl (C=O) groups is 1. The Morgan fingerprint density at radius 1 is 0.947 bits per heavy atom. The van der Waals surface area contributed by atoms with Crippen LogP contribution in [0.1, 0.15) is 11.1 Å². The standard InChI is InChI=1S/C15H11ClF2O/c16-11-6-4-10(5-7-11)8-12(19)9-13-14(17)2-1-3-15(13)18/h1-7H,8-9H2. The third-order valence-corrected chi connectivity index (χ3v) is 3.00. The molecule has 0 unspecified atom stereocenters. The van der Waals surface area contributed by atoms with E-state index in [2.05, 4.69) is 0 Å². The monoisotopic (exact) mass is 280 g/mol. The predicted molar refractivity (Wildman–Crippen MR) is 70.2 cm³/mol. The van der Waals surface area contributed by atoms with Crippen LogP contribution in [0.15, 0.2) is 42.5 Å². The predicted octanol–water partition coefficient (Wildman–Crippen LogP) is 3.97. The van der Waals surface area contributed by atoms with Gasteiger partial charge in [0.15, 0.2) is 0 Å². The summed E-state index contributed by atoms with van der Waals surface area (Å²) in [6, 6.07) is 10.4. The van der Waals surface area contributed by atoms with Crippen LogP contribution in [0.2, 0.25) is 5.02 Å². The number of hydrogen-bond acceptors (Lipinski definition) is 1. The summed E-state index contributed by atoms with van der Waals surface area (Å²) in [5.41, 5.74) is 0.590. The van der Waals surface area contributed by atoms with Gasteiger partial charge in [-0.3, -0.25) is 4.79 Å². The topological polar surface area (TPSA) is 17.1 Å². The summed E-state index contributed by atoms with van der Waals surface area (Å²) in [5, 5.41) is 0.580. The molecule has 1 nitrogen and oxygen atoms in total. The highest BCUT2D eigenvalue weighted by Gasteiger charge is 2.13. The van der Waals surface area contributed by atoms with E-state index in [1.165, 1.54) is 6.07 Å². The Morgan fingerprint density at radius 2 is 1.53 bits per heavy atom. The van der Waals surface area contributed by atoms with E-state index in [-0.39, 0.29) is 24.2 Å². The average Bonchev–Trinajstić information content (AvgIpc) is 2.37. The van der Waals surface area contributed by atoms with Gasteiger partial charge in [0.25, 0.3) is 0 Å². The van der Waals surface area contributed by atoms with E-state index < -0.39 is 11.6 Å². The lowest BCUT2D eigenvalue weighted by Gasteiger charge is -2.04. The van der Waals surface area contributed by atoms with E-state index in [0.717, 1.165) is 17.7 Å². The van der Waals surface area contributed by atoms with Crippen molar-refractivity contribution in [1.29, 1.82) is 0 Å². The van der Waals surface area contributed by atoms with E-state index in [1.54, 1.807) is 24.3 Å². The second kappa shape index (κ2) is 5.93. The molecule has 0 saturated carbocycles. The Kier molecular flexibility index (Phi) is 4.27. The average molecular weight is 281 g/mol. The van der Waals surface area contributed by atoms with Crippen molar-refractivity contribution >= 4 is 17.4 Å². The van der Waals surface area contributed by atoms with Crippen molar-refractivity contribution in [2.45, 2.75) is 12.8 Å². The van der Waals surface area contributed by atoms with Gasteiger partial charge in [-0.25, -0.2) is 8.78 Å². The van der Waals surface area contributed by atoms with E-state index in [9.17, 15) is 13.6 Å². The molecular weight excluding hydrogens is 270 g/mol. The summed E-state index contributed by atoms with van der Waals surface area (Å²) in [6.45, 7) is 0. The minimum absolute atomic E-state index is 0.130. The van der Waals surface area contributed by atoms with Gasteiger partial charge < -0.3 is 0 Å². The van der Waals surface area contributed by atoms with Crippen LogP contribution in [0, 0.1) is 11.6 Å². The number of rotatable bonds is 4. The number of ketones is 1. The second-order valence-electron chi connectivity index (χ2n) is 4.22. The Morgan fingerprint density at radius 3 is 2.11 bits per heavy atom. The smallest absolute Gasteiger partial charge is 0.141 e. The van der Waals surface area contributed by atoms with Crippen LogP contribution in [-0.4, -0.2) is 5.78 Å².